The number of carbonyl (C=O) groups is 1. The van der Waals surface area contributed by atoms with Crippen LogP contribution in [0.15, 0.2) is 37.0 Å². The van der Waals surface area contributed by atoms with Crippen LogP contribution >= 0.6 is 0 Å². The first-order valence-electron chi connectivity index (χ1n) is 3.97. The van der Waals surface area contributed by atoms with Gasteiger partial charge in [0.15, 0.2) is 0 Å². The highest BCUT2D eigenvalue weighted by atomic mass is 16.2. The van der Waals surface area contributed by atoms with E-state index in [1.807, 2.05) is 31.2 Å². The lowest BCUT2D eigenvalue weighted by Gasteiger charge is -2.04. The maximum absolute atomic E-state index is 11.0. The van der Waals surface area contributed by atoms with E-state index in [1.165, 1.54) is 6.20 Å². The van der Waals surface area contributed by atoms with Gasteiger partial charge in [-0.3, -0.25) is 0 Å². The molecule has 0 heterocycles. The van der Waals surface area contributed by atoms with Crippen molar-refractivity contribution in [1.82, 2.24) is 5.32 Å². The molecular weight excluding hydrogens is 164 g/mol. The topological polar surface area (TPSA) is 41.1 Å². The third-order valence-electron chi connectivity index (χ3n) is 1.51. The summed E-state index contributed by atoms with van der Waals surface area (Å²) < 4.78 is 0. The maximum atomic E-state index is 11.0. The number of anilines is 1. The Bertz CT molecular complexity index is 320. The van der Waals surface area contributed by atoms with Gasteiger partial charge in [-0.1, -0.05) is 18.7 Å². The Hall–Kier alpha value is -1.77. The van der Waals surface area contributed by atoms with Gasteiger partial charge in [0.25, 0.3) is 0 Å². The predicted octanol–water partition coefficient (Wildman–Crippen LogP) is 2.26. The van der Waals surface area contributed by atoms with Gasteiger partial charge in [0.05, 0.1) is 0 Å². The van der Waals surface area contributed by atoms with Crippen molar-refractivity contribution >= 4 is 11.7 Å². The van der Waals surface area contributed by atoms with Crippen molar-refractivity contribution in [3.05, 3.63) is 42.6 Å². The molecule has 0 aliphatic carbocycles. The molecule has 2 N–H and O–H groups in total. The van der Waals surface area contributed by atoms with E-state index in [1.54, 1.807) is 0 Å². The molecule has 2 amide bonds. The molecular formula is C10H12N2O. The van der Waals surface area contributed by atoms with Gasteiger partial charge in [-0.25, -0.2) is 4.79 Å². The fraction of sp³-hybridized carbons (Fsp3) is 0.100. The molecule has 3 heteroatoms. The minimum atomic E-state index is -0.277. The average molecular weight is 176 g/mol. The van der Waals surface area contributed by atoms with Crippen LogP contribution in [0, 0.1) is 6.92 Å². The van der Waals surface area contributed by atoms with Crippen LogP contribution in [0.1, 0.15) is 5.56 Å². The minimum absolute atomic E-state index is 0.277. The molecule has 1 aromatic rings. The van der Waals surface area contributed by atoms with Gasteiger partial charge in [0.2, 0.25) is 0 Å². The van der Waals surface area contributed by atoms with E-state index in [0.717, 1.165) is 11.3 Å². The molecule has 0 unspecified atom stereocenters. The quantitative estimate of drug-likeness (QED) is 0.713. The Morgan fingerprint density at radius 1 is 1.54 bits per heavy atom. The smallest absolute Gasteiger partial charge is 0.315 e. The van der Waals surface area contributed by atoms with E-state index >= 15 is 0 Å². The van der Waals surface area contributed by atoms with Crippen molar-refractivity contribution in [1.29, 1.82) is 0 Å². The zero-order valence-corrected chi connectivity index (χ0v) is 7.50. The first-order valence-corrected chi connectivity index (χ1v) is 3.97. The number of rotatable bonds is 2. The fourth-order valence-electron chi connectivity index (χ4n) is 0.983. The first-order chi connectivity index (χ1) is 6.22. The zero-order chi connectivity index (χ0) is 9.68. The zero-order valence-electron chi connectivity index (χ0n) is 7.50. The van der Waals surface area contributed by atoms with E-state index < -0.39 is 0 Å². The van der Waals surface area contributed by atoms with Crippen molar-refractivity contribution in [2.45, 2.75) is 6.92 Å². The Balaban J connectivity index is 2.63. The molecule has 0 saturated carbocycles. The summed E-state index contributed by atoms with van der Waals surface area (Å²) in [7, 11) is 0. The molecule has 0 radical (unpaired) electrons. The van der Waals surface area contributed by atoms with E-state index in [-0.39, 0.29) is 6.03 Å². The fourth-order valence-corrected chi connectivity index (χ4v) is 0.983. The lowest BCUT2D eigenvalue weighted by Crippen LogP contribution is -2.23. The average Bonchev–Trinajstić information content (AvgIpc) is 2.04. The number of nitrogens with one attached hydrogen (secondary N) is 2. The van der Waals surface area contributed by atoms with Crippen LogP contribution in [0.5, 0.6) is 0 Å². The number of urea groups is 1. The summed E-state index contributed by atoms with van der Waals surface area (Å²) in [6, 6.07) is 7.30. The summed E-state index contributed by atoms with van der Waals surface area (Å²) in [4.78, 5) is 11.0. The number of benzene rings is 1. The van der Waals surface area contributed by atoms with Gasteiger partial charge in [0, 0.05) is 5.69 Å². The van der Waals surface area contributed by atoms with Crippen LogP contribution in [0.2, 0.25) is 0 Å². The molecule has 0 saturated heterocycles. The summed E-state index contributed by atoms with van der Waals surface area (Å²) in [6.45, 7) is 5.36. The second kappa shape index (κ2) is 4.30. The van der Waals surface area contributed by atoms with Crippen molar-refractivity contribution in [2.75, 3.05) is 5.32 Å². The van der Waals surface area contributed by atoms with Crippen LogP contribution < -0.4 is 10.6 Å². The summed E-state index contributed by atoms with van der Waals surface area (Å²) >= 11 is 0. The van der Waals surface area contributed by atoms with Crippen LogP contribution in [-0.2, 0) is 0 Å². The molecule has 0 fully saturated rings. The summed E-state index contributed by atoms with van der Waals surface area (Å²) in [5.41, 5.74) is 1.88. The van der Waals surface area contributed by atoms with E-state index in [9.17, 15) is 4.79 Å². The van der Waals surface area contributed by atoms with E-state index in [4.69, 9.17) is 0 Å². The summed E-state index contributed by atoms with van der Waals surface area (Å²) in [6.07, 6.45) is 1.34. The third-order valence-corrected chi connectivity index (χ3v) is 1.51. The SMILES string of the molecule is C=CNC(=O)Nc1cccc(C)c1. The minimum Gasteiger partial charge on any atom is -0.315 e. The highest BCUT2D eigenvalue weighted by molar-refractivity contribution is 5.89. The number of carbonyl (C=O) groups excluding carboxylic acids is 1. The number of amides is 2. The van der Waals surface area contributed by atoms with E-state index in [2.05, 4.69) is 17.2 Å². The van der Waals surface area contributed by atoms with Crippen LogP contribution in [0.4, 0.5) is 10.5 Å². The summed E-state index contributed by atoms with van der Waals surface area (Å²) in [5, 5.41) is 5.09. The predicted molar refractivity (Wildman–Crippen MR) is 53.5 cm³/mol. The third kappa shape index (κ3) is 2.99. The van der Waals surface area contributed by atoms with E-state index in [0.29, 0.717) is 0 Å². The standard InChI is InChI=1S/C10H12N2O/c1-3-11-10(13)12-9-6-4-5-8(2)7-9/h3-7H,1H2,2H3,(H2,11,12,13). The second-order valence-electron chi connectivity index (χ2n) is 2.67. The summed E-state index contributed by atoms with van der Waals surface area (Å²) in [5.74, 6) is 0. The molecule has 1 aromatic carbocycles. The maximum Gasteiger partial charge on any atom is 0.323 e. The van der Waals surface area contributed by atoms with Crippen molar-refractivity contribution in [2.24, 2.45) is 0 Å². The lowest BCUT2D eigenvalue weighted by atomic mass is 10.2. The van der Waals surface area contributed by atoms with Crippen molar-refractivity contribution < 1.29 is 4.79 Å². The Labute approximate surface area is 77.5 Å². The molecule has 0 bridgehead atoms. The molecule has 0 spiro atoms. The Morgan fingerprint density at radius 3 is 2.92 bits per heavy atom. The van der Waals surface area contributed by atoms with Crippen molar-refractivity contribution in [3.63, 3.8) is 0 Å². The van der Waals surface area contributed by atoms with Gasteiger partial charge in [-0.2, -0.15) is 0 Å². The first kappa shape index (κ1) is 9.32. The largest absolute Gasteiger partial charge is 0.323 e. The number of aryl methyl sites for hydroxylation is 1. The highest BCUT2D eigenvalue weighted by Crippen LogP contribution is 2.08. The van der Waals surface area contributed by atoms with Crippen LogP contribution in [0.25, 0.3) is 0 Å². The highest BCUT2D eigenvalue weighted by Gasteiger charge is 1.97. The molecule has 0 aromatic heterocycles. The van der Waals surface area contributed by atoms with Crippen LogP contribution in [0.3, 0.4) is 0 Å². The number of hydrogen-bond donors (Lipinski definition) is 2. The molecule has 13 heavy (non-hydrogen) atoms. The van der Waals surface area contributed by atoms with Gasteiger partial charge in [-0.05, 0) is 30.8 Å². The molecule has 0 aliphatic heterocycles. The van der Waals surface area contributed by atoms with Gasteiger partial charge in [-0.15, -0.1) is 0 Å². The molecule has 0 atom stereocenters. The van der Waals surface area contributed by atoms with Crippen molar-refractivity contribution in [3.8, 4) is 0 Å². The Kier molecular flexibility index (Phi) is 3.09. The second-order valence-corrected chi connectivity index (χ2v) is 2.67. The monoisotopic (exact) mass is 176 g/mol. The lowest BCUT2D eigenvalue weighted by molar-refractivity contribution is 0.255. The molecule has 68 valence electrons. The van der Waals surface area contributed by atoms with Gasteiger partial charge >= 0.3 is 6.03 Å². The van der Waals surface area contributed by atoms with Crippen LogP contribution in [-0.4, -0.2) is 6.03 Å². The molecule has 1 rings (SSSR count). The Morgan fingerprint density at radius 2 is 2.31 bits per heavy atom. The van der Waals surface area contributed by atoms with Gasteiger partial charge in [0.1, 0.15) is 0 Å². The number of hydrogen-bond acceptors (Lipinski definition) is 1. The normalized spacial score (nSPS) is 9.00. The molecule has 0 aliphatic rings. The van der Waals surface area contributed by atoms with Gasteiger partial charge < -0.3 is 10.6 Å². The molecule has 3 nitrogen and oxygen atoms in total.